The Morgan fingerprint density at radius 2 is 2.00 bits per heavy atom. The predicted octanol–water partition coefficient (Wildman–Crippen LogP) is 1.70. The molecule has 84 valence electrons. The molecule has 0 unspecified atom stereocenters. The SMILES string of the molecule is C#CCCCCC(=O)NN1CCCCC1. The normalized spacial score (nSPS) is 17.0. The van der Waals surface area contributed by atoms with E-state index >= 15 is 0 Å². The molecule has 3 heteroatoms. The second kappa shape index (κ2) is 7.30. The molecule has 1 amide bonds. The largest absolute Gasteiger partial charge is 0.289 e. The Morgan fingerprint density at radius 3 is 2.67 bits per heavy atom. The lowest BCUT2D eigenvalue weighted by Crippen LogP contribution is -2.44. The molecule has 0 aromatic carbocycles. The van der Waals surface area contributed by atoms with Crippen molar-refractivity contribution in [1.82, 2.24) is 10.4 Å². The molecule has 0 atom stereocenters. The lowest BCUT2D eigenvalue weighted by atomic mass is 10.1. The number of unbranched alkanes of at least 4 members (excludes halogenated alkanes) is 2. The summed E-state index contributed by atoms with van der Waals surface area (Å²) in [5, 5.41) is 2.03. The third kappa shape index (κ3) is 5.44. The zero-order chi connectivity index (χ0) is 10.9. The average Bonchev–Trinajstić information content (AvgIpc) is 2.26. The minimum Gasteiger partial charge on any atom is -0.289 e. The minimum absolute atomic E-state index is 0.133. The molecule has 1 heterocycles. The van der Waals surface area contributed by atoms with E-state index in [-0.39, 0.29) is 5.91 Å². The fraction of sp³-hybridized carbons (Fsp3) is 0.750. The smallest absolute Gasteiger partial charge is 0.234 e. The van der Waals surface area contributed by atoms with Gasteiger partial charge in [-0.05, 0) is 25.7 Å². The highest BCUT2D eigenvalue weighted by molar-refractivity contribution is 5.75. The van der Waals surface area contributed by atoms with Crippen molar-refractivity contribution in [3.8, 4) is 12.3 Å². The summed E-state index contributed by atoms with van der Waals surface area (Å²) >= 11 is 0. The molecule has 1 fully saturated rings. The number of nitrogens with one attached hydrogen (secondary N) is 1. The van der Waals surface area contributed by atoms with Gasteiger partial charge in [-0.3, -0.25) is 10.2 Å². The predicted molar refractivity (Wildman–Crippen MR) is 60.9 cm³/mol. The molecule has 0 aromatic rings. The Kier molecular flexibility index (Phi) is 5.87. The van der Waals surface area contributed by atoms with Crippen molar-refractivity contribution < 1.29 is 4.79 Å². The van der Waals surface area contributed by atoms with Crippen molar-refractivity contribution in [2.75, 3.05) is 13.1 Å². The van der Waals surface area contributed by atoms with Crippen LogP contribution in [0.3, 0.4) is 0 Å². The second-order valence-electron chi connectivity index (χ2n) is 3.99. The number of hydrazine groups is 1. The zero-order valence-electron chi connectivity index (χ0n) is 9.30. The lowest BCUT2D eigenvalue weighted by Gasteiger charge is -2.26. The summed E-state index contributed by atoms with van der Waals surface area (Å²) < 4.78 is 0. The van der Waals surface area contributed by atoms with Gasteiger partial charge >= 0.3 is 0 Å². The van der Waals surface area contributed by atoms with Crippen LogP contribution in [0.1, 0.15) is 44.9 Å². The number of hydrogen-bond acceptors (Lipinski definition) is 2. The van der Waals surface area contributed by atoms with Crippen molar-refractivity contribution >= 4 is 5.91 Å². The molecular weight excluding hydrogens is 188 g/mol. The van der Waals surface area contributed by atoms with Crippen LogP contribution in [0.25, 0.3) is 0 Å². The van der Waals surface area contributed by atoms with Gasteiger partial charge < -0.3 is 0 Å². The maximum absolute atomic E-state index is 11.5. The number of rotatable bonds is 5. The second-order valence-corrected chi connectivity index (χ2v) is 3.99. The molecule has 15 heavy (non-hydrogen) atoms. The average molecular weight is 208 g/mol. The molecule has 1 rings (SSSR count). The highest BCUT2D eigenvalue weighted by Gasteiger charge is 2.11. The van der Waals surface area contributed by atoms with E-state index in [1.54, 1.807) is 0 Å². The molecule has 0 spiro atoms. The van der Waals surface area contributed by atoms with E-state index in [0.717, 1.165) is 32.4 Å². The summed E-state index contributed by atoms with van der Waals surface area (Å²) in [6.07, 6.45) is 12.0. The van der Waals surface area contributed by atoms with Crippen LogP contribution in [0.4, 0.5) is 0 Å². The monoisotopic (exact) mass is 208 g/mol. The van der Waals surface area contributed by atoms with E-state index in [1.807, 2.05) is 5.01 Å². The van der Waals surface area contributed by atoms with Crippen LogP contribution in [0, 0.1) is 12.3 Å². The van der Waals surface area contributed by atoms with Crippen LogP contribution in [0.5, 0.6) is 0 Å². The van der Waals surface area contributed by atoms with Crippen LogP contribution < -0.4 is 5.43 Å². The third-order valence-corrected chi connectivity index (χ3v) is 2.61. The minimum atomic E-state index is 0.133. The lowest BCUT2D eigenvalue weighted by molar-refractivity contribution is -0.126. The summed E-state index contributed by atoms with van der Waals surface area (Å²) in [5.41, 5.74) is 2.94. The third-order valence-electron chi connectivity index (χ3n) is 2.61. The molecule has 0 saturated carbocycles. The van der Waals surface area contributed by atoms with Crippen LogP contribution in [-0.4, -0.2) is 24.0 Å². The van der Waals surface area contributed by atoms with Gasteiger partial charge in [0.2, 0.25) is 5.91 Å². The molecule has 3 nitrogen and oxygen atoms in total. The maximum atomic E-state index is 11.5. The van der Waals surface area contributed by atoms with Crippen molar-refractivity contribution in [3.05, 3.63) is 0 Å². The summed E-state index contributed by atoms with van der Waals surface area (Å²) in [7, 11) is 0. The summed E-state index contributed by atoms with van der Waals surface area (Å²) in [4.78, 5) is 11.5. The van der Waals surface area contributed by atoms with Gasteiger partial charge in [-0.15, -0.1) is 12.3 Å². The Balaban J connectivity index is 2.04. The van der Waals surface area contributed by atoms with E-state index in [2.05, 4.69) is 11.3 Å². The van der Waals surface area contributed by atoms with E-state index in [9.17, 15) is 4.79 Å². The van der Waals surface area contributed by atoms with E-state index in [1.165, 1.54) is 19.3 Å². The number of nitrogens with zero attached hydrogens (tertiary/aromatic N) is 1. The Bertz CT molecular complexity index is 226. The van der Waals surface area contributed by atoms with Gasteiger partial charge in [-0.1, -0.05) is 6.42 Å². The molecular formula is C12H20N2O. The van der Waals surface area contributed by atoms with Gasteiger partial charge in [-0.25, -0.2) is 5.01 Å². The van der Waals surface area contributed by atoms with Crippen molar-refractivity contribution in [2.45, 2.75) is 44.9 Å². The van der Waals surface area contributed by atoms with Gasteiger partial charge in [0, 0.05) is 25.9 Å². The van der Waals surface area contributed by atoms with Gasteiger partial charge in [-0.2, -0.15) is 0 Å². The first-order valence-electron chi connectivity index (χ1n) is 5.81. The van der Waals surface area contributed by atoms with Crippen LogP contribution >= 0.6 is 0 Å². The van der Waals surface area contributed by atoms with Gasteiger partial charge in [0.15, 0.2) is 0 Å². The molecule has 1 saturated heterocycles. The number of piperidine rings is 1. The molecule has 1 aliphatic heterocycles. The number of amides is 1. The standard InChI is InChI=1S/C12H20N2O/c1-2-3-4-6-9-12(15)13-14-10-7-5-8-11-14/h1H,3-11H2,(H,13,15). The maximum Gasteiger partial charge on any atom is 0.234 e. The van der Waals surface area contributed by atoms with E-state index in [4.69, 9.17) is 6.42 Å². The van der Waals surface area contributed by atoms with Crippen molar-refractivity contribution in [1.29, 1.82) is 0 Å². The van der Waals surface area contributed by atoms with Crippen molar-refractivity contribution in [2.24, 2.45) is 0 Å². The highest BCUT2D eigenvalue weighted by Crippen LogP contribution is 2.06. The fourth-order valence-electron chi connectivity index (χ4n) is 1.75. The van der Waals surface area contributed by atoms with E-state index < -0.39 is 0 Å². The molecule has 0 bridgehead atoms. The molecule has 1 N–H and O–H groups in total. The highest BCUT2D eigenvalue weighted by atomic mass is 16.2. The van der Waals surface area contributed by atoms with E-state index in [0.29, 0.717) is 6.42 Å². The van der Waals surface area contributed by atoms with Gasteiger partial charge in [0.1, 0.15) is 0 Å². The number of carbonyl (C=O) groups excluding carboxylic acids is 1. The van der Waals surface area contributed by atoms with Gasteiger partial charge in [0.25, 0.3) is 0 Å². The Hall–Kier alpha value is -1.01. The first kappa shape index (κ1) is 12.1. The van der Waals surface area contributed by atoms with Crippen LogP contribution in [0.15, 0.2) is 0 Å². The van der Waals surface area contributed by atoms with Gasteiger partial charge in [0.05, 0.1) is 0 Å². The topological polar surface area (TPSA) is 32.3 Å². The number of terminal acetylenes is 1. The zero-order valence-corrected chi connectivity index (χ0v) is 9.30. The molecule has 0 aromatic heterocycles. The molecule has 1 aliphatic rings. The molecule has 0 radical (unpaired) electrons. The summed E-state index contributed by atoms with van der Waals surface area (Å²) in [5.74, 6) is 2.71. The Morgan fingerprint density at radius 1 is 1.27 bits per heavy atom. The molecule has 0 aliphatic carbocycles. The Labute approximate surface area is 92.2 Å². The number of hydrogen-bond donors (Lipinski definition) is 1. The van der Waals surface area contributed by atoms with Crippen molar-refractivity contribution in [3.63, 3.8) is 0 Å². The number of carbonyl (C=O) groups is 1. The van der Waals surface area contributed by atoms with Crippen LogP contribution in [-0.2, 0) is 4.79 Å². The van der Waals surface area contributed by atoms with Crippen LogP contribution in [0.2, 0.25) is 0 Å². The first-order chi connectivity index (χ1) is 7.33. The summed E-state index contributed by atoms with van der Waals surface area (Å²) in [6.45, 7) is 1.99. The quantitative estimate of drug-likeness (QED) is 0.551. The summed E-state index contributed by atoms with van der Waals surface area (Å²) in [6, 6.07) is 0. The fourth-order valence-corrected chi connectivity index (χ4v) is 1.75. The first-order valence-corrected chi connectivity index (χ1v) is 5.81.